The number of halogens is 1. The van der Waals surface area contributed by atoms with Gasteiger partial charge in [0, 0.05) is 17.6 Å². The van der Waals surface area contributed by atoms with E-state index in [-0.39, 0.29) is 18.5 Å². The Hall–Kier alpha value is -2.78. The lowest BCUT2D eigenvalue weighted by molar-refractivity contribution is -0.140. The highest BCUT2D eigenvalue weighted by Crippen LogP contribution is 2.25. The lowest BCUT2D eigenvalue weighted by Crippen LogP contribution is -2.53. The van der Waals surface area contributed by atoms with Crippen LogP contribution in [-0.2, 0) is 26.2 Å². The van der Waals surface area contributed by atoms with Crippen molar-refractivity contribution in [3.63, 3.8) is 0 Å². The van der Waals surface area contributed by atoms with Gasteiger partial charge in [0.1, 0.15) is 18.3 Å². The van der Waals surface area contributed by atoms with Gasteiger partial charge in [-0.1, -0.05) is 49.6 Å². The largest absolute Gasteiger partial charge is 0.494 e. The maximum absolute atomic E-state index is 13.8. The van der Waals surface area contributed by atoms with E-state index in [4.69, 9.17) is 16.3 Å². The summed E-state index contributed by atoms with van der Waals surface area (Å²) >= 11 is 6.40. The Morgan fingerprint density at radius 2 is 1.73 bits per heavy atom. The molecule has 8 nitrogen and oxygen atoms in total. The van der Waals surface area contributed by atoms with Crippen molar-refractivity contribution in [3.8, 4) is 5.75 Å². The number of sulfonamides is 1. The molecule has 10 heteroatoms. The highest BCUT2D eigenvalue weighted by molar-refractivity contribution is 7.92. The van der Waals surface area contributed by atoms with E-state index in [2.05, 4.69) is 5.32 Å². The third kappa shape index (κ3) is 7.85. The number of carbonyl (C=O) groups excluding carboxylic acids is 2. The van der Waals surface area contributed by atoms with Gasteiger partial charge in [-0.3, -0.25) is 13.9 Å². The first kappa shape index (κ1) is 28.8. The van der Waals surface area contributed by atoms with Crippen molar-refractivity contribution in [2.45, 2.75) is 64.6 Å². The van der Waals surface area contributed by atoms with Gasteiger partial charge in [0.15, 0.2) is 0 Å². The molecule has 3 rings (SSSR count). The van der Waals surface area contributed by atoms with E-state index < -0.39 is 28.5 Å². The number of anilines is 1. The van der Waals surface area contributed by atoms with Gasteiger partial charge in [-0.25, -0.2) is 8.42 Å². The Kier molecular flexibility index (Phi) is 10.2. The summed E-state index contributed by atoms with van der Waals surface area (Å²) in [5.41, 5.74) is 1.01. The Morgan fingerprint density at radius 1 is 1.08 bits per heavy atom. The summed E-state index contributed by atoms with van der Waals surface area (Å²) in [5, 5.41) is 3.56. The van der Waals surface area contributed by atoms with Crippen molar-refractivity contribution in [2.24, 2.45) is 0 Å². The fourth-order valence-corrected chi connectivity index (χ4v) is 5.63. The summed E-state index contributed by atoms with van der Waals surface area (Å²) in [7, 11) is -3.81. The topological polar surface area (TPSA) is 96.0 Å². The highest BCUT2D eigenvalue weighted by Gasteiger charge is 2.33. The number of benzene rings is 2. The summed E-state index contributed by atoms with van der Waals surface area (Å²) < 4.78 is 32.0. The Morgan fingerprint density at radius 3 is 2.30 bits per heavy atom. The number of hydrogen-bond donors (Lipinski definition) is 1. The molecule has 2 aromatic carbocycles. The highest BCUT2D eigenvalue weighted by atomic mass is 35.5. The fraction of sp³-hybridized carbons (Fsp3) is 0.481. The van der Waals surface area contributed by atoms with Crippen molar-refractivity contribution in [1.82, 2.24) is 10.2 Å². The van der Waals surface area contributed by atoms with Crippen LogP contribution in [0, 0.1) is 0 Å². The maximum atomic E-state index is 13.8. The van der Waals surface area contributed by atoms with E-state index in [1.54, 1.807) is 42.5 Å². The molecule has 2 amide bonds. The molecule has 0 spiro atoms. The van der Waals surface area contributed by atoms with Gasteiger partial charge < -0.3 is 15.0 Å². The predicted molar refractivity (Wildman–Crippen MR) is 146 cm³/mol. The van der Waals surface area contributed by atoms with Gasteiger partial charge >= 0.3 is 0 Å². The minimum Gasteiger partial charge on any atom is -0.494 e. The maximum Gasteiger partial charge on any atom is 0.244 e. The third-order valence-corrected chi connectivity index (χ3v) is 8.01. The van der Waals surface area contributed by atoms with Crippen molar-refractivity contribution >= 4 is 39.1 Å². The Labute approximate surface area is 225 Å². The molecule has 0 unspecified atom stereocenters. The van der Waals surface area contributed by atoms with Crippen LogP contribution in [0.3, 0.4) is 0 Å². The molecular formula is C27H36ClN3O5S. The summed E-state index contributed by atoms with van der Waals surface area (Å²) in [5.74, 6) is -0.129. The molecule has 1 atom stereocenters. The Balaban J connectivity index is 1.91. The van der Waals surface area contributed by atoms with Crippen molar-refractivity contribution in [1.29, 1.82) is 0 Å². The van der Waals surface area contributed by atoms with Gasteiger partial charge in [0.2, 0.25) is 21.8 Å². The van der Waals surface area contributed by atoms with Crippen LogP contribution >= 0.6 is 11.6 Å². The second-order valence-corrected chi connectivity index (χ2v) is 11.5. The summed E-state index contributed by atoms with van der Waals surface area (Å²) in [6, 6.07) is 13.0. The van der Waals surface area contributed by atoms with E-state index in [0.29, 0.717) is 35.1 Å². The summed E-state index contributed by atoms with van der Waals surface area (Å²) in [4.78, 5) is 28.5. The standard InChI is InChI=1S/C27H36ClN3O5S/c1-4-25(27(33)29-21-11-7-8-12-21)30(18-20-10-6-9-13-24(20)28)26(32)19-31(37(3,34)35)22-14-16-23(17-15-22)36-5-2/h6,9-10,13-17,21,25H,4-5,7-8,11-12,18-19H2,1-3H3,(H,29,33)/t25-/m0/s1. The molecule has 0 aliphatic heterocycles. The molecule has 0 radical (unpaired) electrons. The Bertz CT molecular complexity index is 1170. The van der Waals surface area contributed by atoms with Gasteiger partial charge in [-0.15, -0.1) is 0 Å². The zero-order valence-corrected chi connectivity index (χ0v) is 23.2. The number of carbonyl (C=O) groups is 2. The molecule has 0 saturated heterocycles. The van der Waals surface area contributed by atoms with E-state index in [1.165, 1.54) is 4.90 Å². The van der Waals surface area contributed by atoms with Crippen LogP contribution in [0.15, 0.2) is 48.5 Å². The molecule has 1 aliphatic rings. The number of nitrogens with one attached hydrogen (secondary N) is 1. The first-order valence-electron chi connectivity index (χ1n) is 12.7. The van der Waals surface area contributed by atoms with E-state index in [9.17, 15) is 18.0 Å². The zero-order chi connectivity index (χ0) is 27.0. The molecule has 1 fully saturated rings. The van der Waals surface area contributed by atoms with Crippen molar-refractivity contribution in [2.75, 3.05) is 23.7 Å². The summed E-state index contributed by atoms with van der Waals surface area (Å²) in [6.45, 7) is 3.80. The second kappa shape index (κ2) is 13.1. The van der Waals surface area contributed by atoms with E-state index in [0.717, 1.165) is 36.2 Å². The molecule has 202 valence electrons. The molecule has 0 bridgehead atoms. The monoisotopic (exact) mass is 549 g/mol. The number of rotatable bonds is 12. The molecule has 1 aliphatic carbocycles. The minimum absolute atomic E-state index is 0.0793. The van der Waals surface area contributed by atoms with Crippen molar-refractivity contribution < 1.29 is 22.7 Å². The van der Waals surface area contributed by atoms with Crippen LogP contribution in [-0.4, -0.2) is 56.6 Å². The van der Waals surface area contributed by atoms with Gasteiger partial charge in [-0.2, -0.15) is 0 Å². The van der Waals surface area contributed by atoms with Crippen LogP contribution in [0.4, 0.5) is 5.69 Å². The van der Waals surface area contributed by atoms with Gasteiger partial charge in [-0.05, 0) is 62.1 Å². The van der Waals surface area contributed by atoms with Gasteiger partial charge in [0.05, 0.1) is 18.6 Å². The minimum atomic E-state index is -3.81. The van der Waals surface area contributed by atoms with Crippen LogP contribution in [0.1, 0.15) is 51.5 Å². The van der Waals surface area contributed by atoms with Crippen LogP contribution in [0.2, 0.25) is 5.02 Å². The molecule has 1 N–H and O–H groups in total. The predicted octanol–water partition coefficient (Wildman–Crippen LogP) is 4.37. The number of hydrogen-bond acceptors (Lipinski definition) is 5. The molecule has 0 heterocycles. The smallest absolute Gasteiger partial charge is 0.244 e. The SMILES string of the molecule is CCOc1ccc(N(CC(=O)N(Cc2ccccc2Cl)[C@@H](CC)C(=O)NC2CCCC2)S(C)(=O)=O)cc1. The van der Waals surface area contributed by atoms with E-state index in [1.807, 2.05) is 19.9 Å². The van der Waals surface area contributed by atoms with Crippen LogP contribution in [0.5, 0.6) is 5.75 Å². The molecule has 2 aromatic rings. The number of nitrogens with zero attached hydrogens (tertiary/aromatic N) is 2. The molecule has 0 aromatic heterocycles. The third-order valence-electron chi connectivity index (χ3n) is 6.50. The number of ether oxygens (including phenoxy) is 1. The van der Waals surface area contributed by atoms with E-state index >= 15 is 0 Å². The lowest BCUT2D eigenvalue weighted by Gasteiger charge is -2.33. The summed E-state index contributed by atoms with van der Waals surface area (Å²) in [6.07, 6.45) is 5.39. The first-order chi connectivity index (χ1) is 17.6. The van der Waals surface area contributed by atoms with Gasteiger partial charge in [0.25, 0.3) is 0 Å². The molecule has 37 heavy (non-hydrogen) atoms. The zero-order valence-electron chi connectivity index (χ0n) is 21.7. The first-order valence-corrected chi connectivity index (χ1v) is 14.9. The quantitative estimate of drug-likeness (QED) is 0.424. The van der Waals surface area contributed by atoms with Crippen molar-refractivity contribution in [3.05, 3.63) is 59.1 Å². The molecular weight excluding hydrogens is 514 g/mol. The van der Waals surface area contributed by atoms with Crippen LogP contribution < -0.4 is 14.4 Å². The second-order valence-electron chi connectivity index (χ2n) is 9.22. The lowest BCUT2D eigenvalue weighted by atomic mass is 10.1. The number of amides is 2. The molecule has 1 saturated carbocycles. The average Bonchev–Trinajstić information content (AvgIpc) is 3.36. The normalized spacial score (nSPS) is 14.7. The fourth-order valence-electron chi connectivity index (χ4n) is 4.59. The van der Waals surface area contributed by atoms with Crippen LogP contribution in [0.25, 0.3) is 0 Å². The average molecular weight is 550 g/mol.